The van der Waals surface area contributed by atoms with Gasteiger partial charge in [-0.2, -0.15) is 4.98 Å². The molecule has 2 heterocycles. The third-order valence-electron chi connectivity index (χ3n) is 4.96. The number of nitrogens with zero attached hydrogens (tertiary/aromatic N) is 3. The summed E-state index contributed by atoms with van der Waals surface area (Å²) in [7, 11) is 0. The molecule has 0 unspecified atom stereocenters. The number of oxazole rings is 1. The van der Waals surface area contributed by atoms with Crippen LogP contribution >= 0.6 is 0 Å². The summed E-state index contributed by atoms with van der Waals surface area (Å²) >= 11 is 0. The predicted octanol–water partition coefficient (Wildman–Crippen LogP) is 3.78. The molecule has 30 heavy (non-hydrogen) atoms. The lowest BCUT2D eigenvalue weighted by Crippen LogP contribution is -2.30. The van der Waals surface area contributed by atoms with E-state index in [0.717, 1.165) is 5.56 Å². The number of fused-ring (bicyclic) bond motifs is 1. The fraction of sp³-hybridized carbons (Fsp3) is 0.429. The van der Waals surface area contributed by atoms with Gasteiger partial charge in [-0.25, -0.2) is 18.7 Å². The SMILES string of the molecule is CC(=O)N[C@@H](C)CCc1ncc2nc(-c3ccc(OC[C@H]4CC4(F)F)cc3)oc2n1. The summed E-state index contributed by atoms with van der Waals surface area (Å²) in [5, 5.41) is 2.83. The standard InChI is InChI=1S/C21H22F2N4O3/c1-12(25-13(2)28)3-8-18-24-10-17-20(27-18)30-19(26-17)14-4-6-16(7-5-14)29-11-15-9-21(15,22)23/h4-7,10,12,15H,3,8-9,11H2,1-2H3,(H,25,28)/t12-,15+/m0/s1. The van der Waals surface area contributed by atoms with Crippen molar-refractivity contribution in [1.82, 2.24) is 20.3 Å². The van der Waals surface area contributed by atoms with Crippen molar-refractivity contribution in [3.63, 3.8) is 0 Å². The minimum Gasteiger partial charge on any atom is -0.493 e. The first-order valence-corrected chi connectivity index (χ1v) is 9.81. The number of alkyl halides is 2. The molecular formula is C21H22F2N4O3. The Hall–Kier alpha value is -3.10. The molecule has 9 heteroatoms. The zero-order valence-electron chi connectivity index (χ0n) is 16.7. The van der Waals surface area contributed by atoms with Crippen LogP contribution in [0.15, 0.2) is 34.9 Å². The maximum atomic E-state index is 12.9. The highest BCUT2D eigenvalue weighted by atomic mass is 19.3. The van der Waals surface area contributed by atoms with Gasteiger partial charge in [-0.1, -0.05) is 0 Å². The quantitative estimate of drug-likeness (QED) is 0.601. The lowest BCUT2D eigenvalue weighted by atomic mass is 10.2. The highest BCUT2D eigenvalue weighted by Crippen LogP contribution is 2.48. The van der Waals surface area contributed by atoms with Crippen LogP contribution in [0.2, 0.25) is 0 Å². The monoisotopic (exact) mass is 416 g/mol. The summed E-state index contributed by atoms with van der Waals surface area (Å²) in [6, 6.07) is 6.94. The number of rotatable bonds is 8. The Morgan fingerprint density at radius 2 is 2.07 bits per heavy atom. The summed E-state index contributed by atoms with van der Waals surface area (Å²) in [5.74, 6) is -1.82. The Kier molecular flexibility index (Phi) is 5.36. The van der Waals surface area contributed by atoms with Crippen LogP contribution in [0.4, 0.5) is 8.78 Å². The van der Waals surface area contributed by atoms with Gasteiger partial charge in [-0.05, 0) is 37.6 Å². The minimum absolute atomic E-state index is 0.00809. The van der Waals surface area contributed by atoms with Crippen LogP contribution in [0, 0.1) is 5.92 Å². The van der Waals surface area contributed by atoms with E-state index >= 15 is 0 Å². The molecule has 2 atom stereocenters. The van der Waals surface area contributed by atoms with E-state index in [0.29, 0.717) is 41.5 Å². The Balaban J connectivity index is 1.40. The number of aryl methyl sites for hydroxylation is 1. The zero-order valence-corrected chi connectivity index (χ0v) is 16.7. The van der Waals surface area contributed by atoms with Crippen LogP contribution in [0.25, 0.3) is 22.7 Å². The summed E-state index contributed by atoms with van der Waals surface area (Å²) in [6.45, 7) is 3.42. The maximum Gasteiger partial charge on any atom is 0.255 e. The van der Waals surface area contributed by atoms with E-state index in [9.17, 15) is 13.6 Å². The van der Waals surface area contributed by atoms with E-state index in [1.807, 2.05) is 6.92 Å². The van der Waals surface area contributed by atoms with Gasteiger partial charge < -0.3 is 14.5 Å². The number of nitrogens with one attached hydrogen (secondary N) is 1. The highest BCUT2D eigenvalue weighted by molar-refractivity contribution is 5.73. The summed E-state index contributed by atoms with van der Waals surface area (Å²) in [4.78, 5) is 24.2. The van der Waals surface area contributed by atoms with Crippen molar-refractivity contribution in [3.8, 4) is 17.2 Å². The van der Waals surface area contributed by atoms with Crippen LogP contribution in [0.3, 0.4) is 0 Å². The Labute approximate surface area is 171 Å². The van der Waals surface area contributed by atoms with E-state index in [4.69, 9.17) is 9.15 Å². The van der Waals surface area contributed by atoms with Crippen LogP contribution in [-0.4, -0.2) is 39.4 Å². The van der Waals surface area contributed by atoms with Crippen molar-refractivity contribution in [2.75, 3.05) is 6.61 Å². The van der Waals surface area contributed by atoms with Gasteiger partial charge in [0.1, 0.15) is 17.1 Å². The van der Waals surface area contributed by atoms with Gasteiger partial charge in [0.25, 0.3) is 11.6 Å². The average molecular weight is 416 g/mol. The number of benzene rings is 1. The second-order valence-corrected chi connectivity index (χ2v) is 7.63. The molecule has 1 N–H and O–H groups in total. The van der Waals surface area contributed by atoms with E-state index in [-0.39, 0.29) is 25.0 Å². The molecule has 0 saturated heterocycles. The first-order chi connectivity index (χ1) is 14.3. The highest BCUT2D eigenvalue weighted by Gasteiger charge is 2.57. The molecule has 4 rings (SSSR count). The normalized spacial score (nSPS) is 18.2. The molecule has 2 aromatic heterocycles. The number of carbonyl (C=O) groups excluding carboxylic acids is 1. The molecule has 0 bridgehead atoms. The Morgan fingerprint density at radius 1 is 1.33 bits per heavy atom. The largest absolute Gasteiger partial charge is 0.493 e. The Bertz CT molecular complexity index is 1050. The molecule has 3 aromatic rings. The van der Waals surface area contributed by atoms with Crippen molar-refractivity contribution in [1.29, 1.82) is 0 Å². The minimum atomic E-state index is -2.58. The molecule has 1 saturated carbocycles. The predicted molar refractivity (Wildman–Crippen MR) is 105 cm³/mol. The molecule has 1 aliphatic rings. The first-order valence-electron chi connectivity index (χ1n) is 9.81. The average Bonchev–Trinajstić information content (AvgIpc) is 3.10. The van der Waals surface area contributed by atoms with Crippen molar-refractivity contribution >= 4 is 17.1 Å². The lowest BCUT2D eigenvalue weighted by Gasteiger charge is -2.10. The second kappa shape index (κ2) is 7.97. The van der Waals surface area contributed by atoms with Crippen LogP contribution in [0.1, 0.15) is 32.5 Å². The molecular weight excluding hydrogens is 394 g/mol. The molecule has 1 aliphatic carbocycles. The van der Waals surface area contributed by atoms with E-state index in [1.54, 1.807) is 30.5 Å². The number of hydrogen-bond donors (Lipinski definition) is 1. The smallest absolute Gasteiger partial charge is 0.255 e. The third-order valence-corrected chi connectivity index (χ3v) is 4.96. The third kappa shape index (κ3) is 4.72. The summed E-state index contributed by atoms with van der Waals surface area (Å²) < 4.78 is 37.0. The molecule has 0 aliphatic heterocycles. The molecule has 0 spiro atoms. The number of ether oxygens (including phenoxy) is 1. The van der Waals surface area contributed by atoms with Crippen molar-refractivity contribution in [2.24, 2.45) is 5.92 Å². The maximum absolute atomic E-state index is 12.9. The van der Waals surface area contributed by atoms with Gasteiger partial charge in [0, 0.05) is 31.4 Å². The van der Waals surface area contributed by atoms with Crippen LogP contribution in [-0.2, 0) is 11.2 Å². The molecule has 158 valence electrons. The van der Waals surface area contributed by atoms with Gasteiger partial charge >= 0.3 is 0 Å². The molecule has 1 aromatic carbocycles. The Morgan fingerprint density at radius 3 is 2.73 bits per heavy atom. The molecule has 0 radical (unpaired) electrons. The fourth-order valence-electron chi connectivity index (χ4n) is 3.12. The topological polar surface area (TPSA) is 90.1 Å². The molecule has 1 amide bonds. The van der Waals surface area contributed by atoms with Gasteiger partial charge in [-0.15, -0.1) is 0 Å². The van der Waals surface area contributed by atoms with Gasteiger partial charge in [0.05, 0.1) is 18.7 Å². The summed E-state index contributed by atoms with van der Waals surface area (Å²) in [6.07, 6.45) is 2.81. The van der Waals surface area contributed by atoms with E-state index in [1.165, 1.54) is 6.92 Å². The van der Waals surface area contributed by atoms with Crippen LogP contribution < -0.4 is 10.1 Å². The number of hydrogen-bond acceptors (Lipinski definition) is 6. The van der Waals surface area contributed by atoms with Crippen LogP contribution in [0.5, 0.6) is 5.75 Å². The summed E-state index contributed by atoms with van der Waals surface area (Å²) in [5.41, 5.74) is 1.65. The van der Waals surface area contributed by atoms with Crippen molar-refractivity contribution < 1.29 is 22.7 Å². The number of amides is 1. The van der Waals surface area contributed by atoms with Gasteiger partial charge in [-0.3, -0.25) is 4.79 Å². The number of halogens is 2. The number of aromatic nitrogens is 3. The van der Waals surface area contributed by atoms with E-state index < -0.39 is 11.8 Å². The second-order valence-electron chi connectivity index (χ2n) is 7.63. The molecule has 7 nitrogen and oxygen atoms in total. The van der Waals surface area contributed by atoms with Gasteiger partial charge in [0.15, 0.2) is 0 Å². The lowest BCUT2D eigenvalue weighted by molar-refractivity contribution is -0.119. The number of carbonyl (C=O) groups is 1. The fourth-order valence-corrected chi connectivity index (χ4v) is 3.12. The first kappa shape index (κ1) is 20.2. The van der Waals surface area contributed by atoms with Crippen molar-refractivity contribution in [2.45, 2.75) is 45.1 Å². The molecule has 1 fully saturated rings. The zero-order chi connectivity index (χ0) is 21.3. The van der Waals surface area contributed by atoms with E-state index in [2.05, 4.69) is 20.3 Å². The van der Waals surface area contributed by atoms with Crippen molar-refractivity contribution in [3.05, 3.63) is 36.3 Å². The van der Waals surface area contributed by atoms with Gasteiger partial charge in [0.2, 0.25) is 11.8 Å².